The quantitative estimate of drug-likeness (QED) is 0.322. The molecule has 32 heavy (non-hydrogen) atoms. The number of benzene rings is 2. The molecule has 0 aliphatic rings. The van der Waals surface area contributed by atoms with Gasteiger partial charge in [0, 0.05) is 27.1 Å². The molecule has 4 nitrogen and oxygen atoms in total. The van der Waals surface area contributed by atoms with Gasteiger partial charge in [-0.05, 0) is 80.3 Å². The Labute approximate surface area is 195 Å². The SMILES string of the molecule is CNCc1ccccc1-c1ccc([C@@H](C)Nc2nnc(C(C)C)c3cc(C)c(C)cc23)s1. The van der Waals surface area contributed by atoms with Gasteiger partial charge in [0.2, 0.25) is 0 Å². The molecule has 0 aliphatic carbocycles. The molecule has 166 valence electrons. The number of hydrogen-bond donors (Lipinski definition) is 2. The van der Waals surface area contributed by atoms with Crippen LogP contribution in [0.25, 0.3) is 21.2 Å². The molecule has 0 bridgehead atoms. The molecular formula is C27H32N4S. The van der Waals surface area contributed by atoms with Crippen molar-refractivity contribution in [2.45, 2.75) is 53.1 Å². The molecule has 0 saturated carbocycles. The zero-order chi connectivity index (χ0) is 22.8. The summed E-state index contributed by atoms with van der Waals surface area (Å²) in [6, 6.07) is 17.7. The molecule has 4 rings (SSSR count). The normalized spacial score (nSPS) is 12.5. The highest BCUT2D eigenvalue weighted by molar-refractivity contribution is 7.15. The molecule has 5 heteroatoms. The predicted molar refractivity (Wildman–Crippen MR) is 138 cm³/mol. The third kappa shape index (κ3) is 4.41. The Balaban J connectivity index is 1.66. The maximum Gasteiger partial charge on any atom is 0.157 e. The van der Waals surface area contributed by atoms with E-state index in [-0.39, 0.29) is 6.04 Å². The first kappa shape index (κ1) is 22.4. The lowest BCUT2D eigenvalue weighted by Crippen LogP contribution is -2.09. The topological polar surface area (TPSA) is 49.8 Å². The van der Waals surface area contributed by atoms with E-state index in [0.717, 1.165) is 23.4 Å². The highest BCUT2D eigenvalue weighted by Crippen LogP contribution is 2.36. The van der Waals surface area contributed by atoms with Gasteiger partial charge in [-0.25, -0.2) is 0 Å². The molecule has 2 heterocycles. The van der Waals surface area contributed by atoms with Crippen LogP contribution < -0.4 is 10.6 Å². The van der Waals surface area contributed by atoms with Gasteiger partial charge in [-0.2, -0.15) is 5.10 Å². The van der Waals surface area contributed by atoms with E-state index in [9.17, 15) is 0 Å². The fraction of sp³-hybridized carbons (Fsp3) is 0.333. The van der Waals surface area contributed by atoms with Crippen molar-refractivity contribution in [2.75, 3.05) is 12.4 Å². The molecule has 2 aromatic carbocycles. The van der Waals surface area contributed by atoms with Gasteiger partial charge >= 0.3 is 0 Å². The predicted octanol–water partition coefficient (Wildman–Crippen LogP) is 6.99. The minimum atomic E-state index is 0.134. The smallest absolute Gasteiger partial charge is 0.157 e. The number of thiophene rings is 1. The van der Waals surface area contributed by atoms with Crippen LogP contribution >= 0.6 is 11.3 Å². The van der Waals surface area contributed by atoms with Crippen LogP contribution in [-0.2, 0) is 6.54 Å². The Morgan fingerprint density at radius 2 is 1.62 bits per heavy atom. The van der Waals surface area contributed by atoms with Crippen LogP contribution in [0.5, 0.6) is 0 Å². The fourth-order valence-electron chi connectivity index (χ4n) is 4.08. The maximum atomic E-state index is 4.60. The zero-order valence-electron chi connectivity index (χ0n) is 19.8. The van der Waals surface area contributed by atoms with E-state index < -0.39 is 0 Å². The van der Waals surface area contributed by atoms with E-state index in [1.54, 1.807) is 0 Å². The van der Waals surface area contributed by atoms with Gasteiger partial charge in [0.05, 0.1) is 11.7 Å². The summed E-state index contributed by atoms with van der Waals surface area (Å²) in [6.07, 6.45) is 0. The van der Waals surface area contributed by atoms with Crippen LogP contribution in [0.3, 0.4) is 0 Å². The monoisotopic (exact) mass is 444 g/mol. The van der Waals surface area contributed by atoms with Crippen molar-refractivity contribution in [3.8, 4) is 10.4 Å². The number of rotatable bonds is 7. The van der Waals surface area contributed by atoms with Crippen molar-refractivity contribution < 1.29 is 0 Å². The highest BCUT2D eigenvalue weighted by atomic mass is 32.1. The Bertz CT molecular complexity index is 1240. The average Bonchev–Trinajstić information content (AvgIpc) is 3.26. The van der Waals surface area contributed by atoms with Gasteiger partial charge < -0.3 is 10.6 Å². The van der Waals surface area contributed by atoms with Gasteiger partial charge in [-0.3, -0.25) is 0 Å². The van der Waals surface area contributed by atoms with Crippen LogP contribution in [0.2, 0.25) is 0 Å². The zero-order valence-corrected chi connectivity index (χ0v) is 20.6. The molecule has 1 atom stereocenters. The second kappa shape index (κ2) is 9.39. The van der Waals surface area contributed by atoms with Crippen molar-refractivity contribution in [3.05, 3.63) is 75.8 Å². The molecule has 0 spiro atoms. The van der Waals surface area contributed by atoms with Gasteiger partial charge in [0.1, 0.15) is 0 Å². The van der Waals surface area contributed by atoms with Crippen molar-refractivity contribution >= 4 is 27.9 Å². The van der Waals surface area contributed by atoms with Gasteiger partial charge in [-0.15, -0.1) is 16.4 Å². The molecule has 0 amide bonds. The summed E-state index contributed by atoms with van der Waals surface area (Å²) in [5.41, 5.74) is 6.23. The number of nitrogens with zero attached hydrogens (tertiary/aromatic N) is 2. The second-order valence-corrected chi connectivity index (χ2v) is 9.94. The molecule has 0 fully saturated rings. The summed E-state index contributed by atoms with van der Waals surface area (Å²) in [5, 5.41) is 18.5. The molecule has 0 radical (unpaired) electrons. The number of hydrogen-bond acceptors (Lipinski definition) is 5. The van der Waals surface area contributed by atoms with Gasteiger partial charge in [-0.1, -0.05) is 38.1 Å². The second-order valence-electron chi connectivity index (χ2n) is 8.83. The third-order valence-electron chi connectivity index (χ3n) is 6.03. The van der Waals surface area contributed by atoms with E-state index in [1.165, 1.54) is 37.4 Å². The fourth-order valence-corrected chi connectivity index (χ4v) is 5.15. The lowest BCUT2D eigenvalue weighted by Gasteiger charge is -2.17. The lowest BCUT2D eigenvalue weighted by atomic mass is 9.98. The summed E-state index contributed by atoms with van der Waals surface area (Å²) < 4.78 is 0. The third-order valence-corrected chi connectivity index (χ3v) is 7.33. The van der Waals surface area contributed by atoms with Crippen LogP contribution in [-0.4, -0.2) is 17.2 Å². The van der Waals surface area contributed by atoms with Crippen LogP contribution in [0.15, 0.2) is 48.5 Å². The number of aryl methyl sites for hydroxylation is 2. The Kier molecular flexibility index (Phi) is 6.58. The van der Waals surface area contributed by atoms with E-state index >= 15 is 0 Å². The Morgan fingerprint density at radius 3 is 2.34 bits per heavy atom. The van der Waals surface area contributed by atoms with Crippen molar-refractivity contribution in [2.24, 2.45) is 0 Å². The Hall–Kier alpha value is -2.76. The minimum absolute atomic E-state index is 0.134. The number of nitrogens with one attached hydrogen (secondary N) is 2. The maximum absolute atomic E-state index is 4.60. The molecule has 0 saturated heterocycles. The first-order chi connectivity index (χ1) is 15.4. The van der Waals surface area contributed by atoms with Gasteiger partial charge in [0.25, 0.3) is 0 Å². The summed E-state index contributed by atoms with van der Waals surface area (Å²) in [7, 11) is 1.99. The number of aromatic nitrogens is 2. The van der Waals surface area contributed by atoms with Crippen molar-refractivity contribution in [1.82, 2.24) is 15.5 Å². The van der Waals surface area contributed by atoms with E-state index in [4.69, 9.17) is 0 Å². The summed E-state index contributed by atoms with van der Waals surface area (Å²) in [6.45, 7) is 11.7. The van der Waals surface area contributed by atoms with E-state index in [0.29, 0.717) is 5.92 Å². The molecule has 2 N–H and O–H groups in total. The number of anilines is 1. The summed E-state index contributed by atoms with van der Waals surface area (Å²) in [5.74, 6) is 1.18. The van der Waals surface area contributed by atoms with Crippen LogP contribution in [0, 0.1) is 13.8 Å². The number of fused-ring (bicyclic) bond motifs is 1. The largest absolute Gasteiger partial charge is 0.361 e. The van der Waals surface area contributed by atoms with Crippen LogP contribution in [0.4, 0.5) is 5.82 Å². The van der Waals surface area contributed by atoms with E-state index in [2.05, 4.69) is 104 Å². The first-order valence-electron chi connectivity index (χ1n) is 11.3. The molecule has 4 aromatic rings. The lowest BCUT2D eigenvalue weighted by molar-refractivity contribution is 0.793. The summed E-state index contributed by atoms with van der Waals surface area (Å²) >= 11 is 1.83. The summed E-state index contributed by atoms with van der Waals surface area (Å²) in [4.78, 5) is 2.57. The van der Waals surface area contributed by atoms with Crippen LogP contribution in [0.1, 0.15) is 60.0 Å². The minimum Gasteiger partial charge on any atom is -0.361 e. The Morgan fingerprint density at radius 1 is 0.906 bits per heavy atom. The molecule has 0 aliphatic heterocycles. The average molecular weight is 445 g/mol. The molecular weight excluding hydrogens is 412 g/mol. The van der Waals surface area contributed by atoms with Crippen molar-refractivity contribution in [3.63, 3.8) is 0 Å². The van der Waals surface area contributed by atoms with Crippen molar-refractivity contribution in [1.29, 1.82) is 0 Å². The highest BCUT2D eigenvalue weighted by Gasteiger charge is 2.17. The molecule has 0 unspecified atom stereocenters. The molecule has 2 aromatic heterocycles. The first-order valence-corrected chi connectivity index (χ1v) is 12.1. The van der Waals surface area contributed by atoms with Gasteiger partial charge in [0.15, 0.2) is 5.82 Å². The standard InChI is InChI=1S/C27H32N4S/c1-16(2)26-22-13-17(3)18(4)14-23(22)27(31-30-26)29-19(5)24-11-12-25(32-24)21-10-8-7-9-20(21)15-28-6/h7-14,16,19,28H,15H2,1-6H3,(H,29,31)/t19-/m1/s1. The van der Waals surface area contributed by atoms with E-state index in [1.807, 2.05) is 18.4 Å².